The van der Waals surface area contributed by atoms with Crippen LogP contribution in [0.25, 0.3) is 22.2 Å². The zero-order valence-electron chi connectivity index (χ0n) is 14.7. The molecule has 1 fully saturated rings. The van der Waals surface area contributed by atoms with Crippen molar-refractivity contribution in [3.05, 3.63) is 60.2 Å². The van der Waals surface area contributed by atoms with Gasteiger partial charge < -0.3 is 14.2 Å². The molecule has 6 heteroatoms. The minimum atomic E-state index is -0.869. The maximum atomic E-state index is 12.8. The van der Waals surface area contributed by atoms with Crippen molar-refractivity contribution in [3.8, 4) is 17.0 Å². The molecule has 0 amide bonds. The average Bonchev–Trinajstić information content (AvgIpc) is 3.11. The van der Waals surface area contributed by atoms with Crippen LogP contribution in [0.3, 0.4) is 0 Å². The van der Waals surface area contributed by atoms with Crippen LogP contribution in [0.15, 0.2) is 54.6 Å². The summed E-state index contributed by atoms with van der Waals surface area (Å²) in [6.07, 6.45) is -0.505. The third kappa shape index (κ3) is 3.33. The number of benzene rings is 2. The second kappa shape index (κ2) is 7.07. The van der Waals surface area contributed by atoms with E-state index in [0.29, 0.717) is 34.3 Å². The molecule has 0 unspecified atom stereocenters. The third-order valence-corrected chi connectivity index (χ3v) is 4.44. The number of hydrogen-bond acceptors (Lipinski definition) is 6. The number of carbonyl (C=O) groups is 2. The van der Waals surface area contributed by atoms with Gasteiger partial charge in [-0.2, -0.15) is 0 Å². The maximum absolute atomic E-state index is 12.8. The molecular weight excluding hydrogens is 346 g/mol. The van der Waals surface area contributed by atoms with Gasteiger partial charge in [0.25, 0.3) is 0 Å². The van der Waals surface area contributed by atoms with Gasteiger partial charge in [-0.3, -0.25) is 0 Å². The molecule has 0 radical (unpaired) electrons. The molecule has 0 aliphatic carbocycles. The van der Waals surface area contributed by atoms with Crippen molar-refractivity contribution in [1.82, 2.24) is 4.98 Å². The highest BCUT2D eigenvalue weighted by molar-refractivity contribution is 6.05. The Morgan fingerprint density at radius 1 is 1.15 bits per heavy atom. The van der Waals surface area contributed by atoms with E-state index in [9.17, 15) is 9.59 Å². The molecule has 0 spiro atoms. The fraction of sp³-hybridized carbons (Fsp3) is 0.190. The summed E-state index contributed by atoms with van der Waals surface area (Å²) in [5.74, 6) is -0.495. The van der Waals surface area contributed by atoms with Gasteiger partial charge in [-0.05, 0) is 24.3 Å². The SMILES string of the molecule is COc1ccc2nc(-c3ccccc3)cc(C(=O)O[C@H]3CCOC3=O)c2c1. The Bertz CT molecular complexity index is 1020. The Morgan fingerprint density at radius 3 is 2.67 bits per heavy atom. The Morgan fingerprint density at radius 2 is 1.96 bits per heavy atom. The van der Waals surface area contributed by atoms with Gasteiger partial charge in [-0.15, -0.1) is 0 Å². The first-order valence-corrected chi connectivity index (χ1v) is 8.57. The van der Waals surface area contributed by atoms with Crippen LogP contribution in [-0.2, 0) is 14.3 Å². The fourth-order valence-electron chi connectivity index (χ4n) is 3.03. The van der Waals surface area contributed by atoms with Crippen LogP contribution in [0.4, 0.5) is 0 Å². The van der Waals surface area contributed by atoms with Gasteiger partial charge in [0.1, 0.15) is 5.75 Å². The third-order valence-electron chi connectivity index (χ3n) is 4.44. The van der Waals surface area contributed by atoms with Crippen LogP contribution in [0.5, 0.6) is 5.75 Å². The average molecular weight is 363 g/mol. The van der Waals surface area contributed by atoms with Crippen LogP contribution >= 0.6 is 0 Å². The molecule has 1 atom stereocenters. The maximum Gasteiger partial charge on any atom is 0.347 e. The van der Waals surface area contributed by atoms with E-state index in [-0.39, 0.29) is 6.61 Å². The van der Waals surface area contributed by atoms with E-state index in [1.165, 1.54) is 0 Å². The van der Waals surface area contributed by atoms with Crippen LogP contribution in [0.2, 0.25) is 0 Å². The lowest BCUT2D eigenvalue weighted by atomic mass is 10.0. The van der Waals surface area contributed by atoms with Gasteiger partial charge >= 0.3 is 11.9 Å². The largest absolute Gasteiger partial charge is 0.497 e. The lowest BCUT2D eigenvalue weighted by Gasteiger charge is -2.13. The van der Waals surface area contributed by atoms with Crippen molar-refractivity contribution >= 4 is 22.8 Å². The number of pyridine rings is 1. The van der Waals surface area contributed by atoms with Crippen LogP contribution in [-0.4, -0.2) is 36.7 Å². The lowest BCUT2D eigenvalue weighted by molar-refractivity contribution is -0.145. The van der Waals surface area contributed by atoms with Crippen molar-refractivity contribution in [2.75, 3.05) is 13.7 Å². The molecule has 0 saturated carbocycles. The topological polar surface area (TPSA) is 74.7 Å². The van der Waals surface area contributed by atoms with Crippen molar-refractivity contribution in [2.24, 2.45) is 0 Å². The van der Waals surface area contributed by atoms with E-state index in [1.807, 2.05) is 30.3 Å². The summed E-state index contributed by atoms with van der Waals surface area (Å²) >= 11 is 0. The van der Waals surface area contributed by atoms with Crippen molar-refractivity contribution in [2.45, 2.75) is 12.5 Å². The predicted molar refractivity (Wildman–Crippen MR) is 98.5 cm³/mol. The minimum absolute atomic E-state index is 0.261. The number of esters is 2. The monoisotopic (exact) mass is 363 g/mol. The number of carbonyl (C=O) groups excluding carboxylic acids is 2. The van der Waals surface area contributed by atoms with Crippen LogP contribution in [0.1, 0.15) is 16.8 Å². The van der Waals surface area contributed by atoms with Gasteiger partial charge in [0.05, 0.1) is 30.5 Å². The Balaban J connectivity index is 1.82. The molecule has 1 aliphatic rings. The smallest absolute Gasteiger partial charge is 0.347 e. The summed E-state index contributed by atoms with van der Waals surface area (Å²) in [4.78, 5) is 29.2. The number of fused-ring (bicyclic) bond motifs is 1. The minimum Gasteiger partial charge on any atom is -0.497 e. The summed E-state index contributed by atoms with van der Waals surface area (Å²) in [7, 11) is 1.56. The zero-order chi connectivity index (χ0) is 18.8. The number of ether oxygens (including phenoxy) is 3. The molecule has 0 bridgehead atoms. The first-order chi connectivity index (χ1) is 13.2. The summed E-state index contributed by atoms with van der Waals surface area (Å²) in [6.45, 7) is 0.261. The second-order valence-corrected chi connectivity index (χ2v) is 6.15. The summed E-state index contributed by atoms with van der Waals surface area (Å²) in [6, 6.07) is 16.6. The number of cyclic esters (lactones) is 1. The fourth-order valence-corrected chi connectivity index (χ4v) is 3.03. The van der Waals surface area contributed by atoms with Crippen LogP contribution < -0.4 is 4.74 Å². The number of nitrogens with zero attached hydrogens (tertiary/aromatic N) is 1. The lowest BCUT2D eigenvalue weighted by Crippen LogP contribution is -2.23. The number of hydrogen-bond donors (Lipinski definition) is 0. The molecule has 3 aromatic rings. The standard InChI is InChI=1S/C21H17NO5/c1-25-14-7-8-17-15(11-14)16(20(23)27-19-9-10-26-21(19)24)12-18(22-17)13-5-3-2-4-6-13/h2-8,11-12,19H,9-10H2,1H3/t19-/m0/s1. The number of methoxy groups -OCH3 is 1. The first kappa shape index (κ1) is 17.0. The Labute approximate surface area is 155 Å². The Hall–Kier alpha value is -3.41. The van der Waals surface area contributed by atoms with E-state index in [2.05, 4.69) is 4.98 Å². The van der Waals surface area contributed by atoms with E-state index < -0.39 is 18.0 Å². The molecule has 27 heavy (non-hydrogen) atoms. The zero-order valence-corrected chi connectivity index (χ0v) is 14.7. The molecule has 4 rings (SSSR count). The van der Waals surface area contributed by atoms with Gasteiger partial charge in [0.2, 0.25) is 6.10 Å². The van der Waals surface area contributed by atoms with E-state index in [4.69, 9.17) is 14.2 Å². The van der Waals surface area contributed by atoms with Crippen molar-refractivity contribution < 1.29 is 23.8 Å². The van der Waals surface area contributed by atoms with Crippen molar-refractivity contribution in [3.63, 3.8) is 0 Å². The van der Waals surface area contributed by atoms with Gasteiger partial charge in [0, 0.05) is 17.4 Å². The molecule has 6 nitrogen and oxygen atoms in total. The molecule has 1 aromatic heterocycles. The first-order valence-electron chi connectivity index (χ1n) is 8.57. The highest BCUT2D eigenvalue weighted by atomic mass is 16.6. The molecular formula is C21H17NO5. The van der Waals surface area contributed by atoms with Crippen molar-refractivity contribution in [1.29, 1.82) is 0 Å². The number of rotatable bonds is 4. The van der Waals surface area contributed by atoms with E-state index >= 15 is 0 Å². The predicted octanol–water partition coefficient (Wildman–Crippen LogP) is 3.38. The van der Waals surface area contributed by atoms with E-state index in [0.717, 1.165) is 5.56 Å². The summed E-state index contributed by atoms with van der Waals surface area (Å²) in [5.41, 5.74) is 2.49. The van der Waals surface area contributed by atoms with Gasteiger partial charge in [-0.1, -0.05) is 30.3 Å². The summed E-state index contributed by atoms with van der Waals surface area (Å²) < 4.78 is 15.5. The highest BCUT2D eigenvalue weighted by Gasteiger charge is 2.31. The van der Waals surface area contributed by atoms with Gasteiger partial charge in [0.15, 0.2) is 0 Å². The van der Waals surface area contributed by atoms with Gasteiger partial charge in [-0.25, -0.2) is 14.6 Å². The number of aromatic nitrogens is 1. The normalized spacial score (nSPS) is 16.2. The molecule has 1 aliphatic heterocycles. The summed E-state index contributed by atoms with van der Waals surface area (Å²) in [5, 5.41) is 0.602. The molecule has 1 saturated heterocycles. The molecule has 136 valence electrons. The Kier molecular flexibility index (Phi) is 4.46. The molecule has 0 N–H and O–H groups in total. The van der Waals surface area contributed by atoms with Crippen LogP contribution in [0, 0.1) is 0 Å². The van der Waals surface area contributed by atoms with E-state index in [1.54, 1.807) is 31.4 Å². The quantitative estimate of drug-likeness (QED) is 0.662. The second-order valence-electron chi connectivity index (χ2n) is 6.15. The molecule has 2 heterocycles. The highest BCUT2D eigenvalue weighted by Crippen LogP contribution is 2.29. The molecule has 2 aromatic carbocycles.